The topological polar surface area (TPSA) is 44.5 Å². The van der Waals surface area contributed by atoms with Crippen molar-refractivity contribution in [2.24, 2.45) is 11.8 Å². The van der Waals surface area contributed by atoms with Crippen molar-refractivity contribution in [3.63, 3.8) is 0 Å². The van der Waals surface area contributed by atoms with Crippen LogP contribution in [-0.4, -0.2) is 55.6 Å². The second-order valence-electron chi connectivity index (χ2n) is 6.32. The molecule has 1 aliphatic carbocycles. The molecule has 2 fully saturated rings. The summed E-state index contributed by atoms with van der Waals surface area (Å²) in [5, 5.41) is 0. The Morgan fingerprint density at radius 3 is 2.56 bits per heavy atom. The fourth-order valence-corrected chi connectivity index (χ4v) is 3.60. The van der Waals surface area contributed by atoms with E-state index in [0.717, 1.165) is 19.0 Å². The van der Waals surface area contributed by atoms with E-state index in [1.54, 1.807) is 0 Å². The Labute approximate surface area is 112 Å². The maximum absolute atomic E-state index is 5.83. The number of hydrogen-bond donors (Lipinski definition) is 2. The summed E-state index contributed by atoms with van der Waals surface area (Å²) in [5.41, 5.74) is 3.10. The van der Waals surface area contributed by atoms with E-state index in [2.05, 4.69) is 29.3 Å². The molecule has 0 bridgehead atoms. The maximum Gasteiger partial charge on any atom is 0.0387 e. The molecular weight excluding hydrogens is 224 g/mol. The highest BCUT2D eigenvalue weighted by atomic mass is 15.3. The van der Waals surface area contributed by atoms with Gasteiger partial charge in [0.2, 0.25) is 0 Å². The minimum atomic E-state index is 0.445. The molecule has 2 unspecified atom stereocenters. The summed E-state index contributed by atoms with van der Waals surface area (Å²) in [5.74, 6) is 6.72. The molecule has 4 nitrogen and oxygen atoms in total. The summed E-state index contributed by atoms with van der Waals surface area (Å²) < 4.78 is 0. The molecule has 0 aromatic rings. The van der Waals surface area contributed by atoms with Gasteiger partial charge in [-0.15, -0.1) is 0 Å². The molecule has 2 aliphatic rings. The zero-order valence-electron chi connectivity index (χ0n) is 12.1. The Hall–Kier alpha value is -0.160. The van der Waals surface area contributed by atoms with Crippen molar-refractivity contribution in [3.8, 4) is 0 Å². The summed E-state index contributed by atoms with van der Waals surface area (Å²) in [6.07, 6.45) is 8.34. The number of nitrogens with two attached hydrogens (primary N) is 1. The third kappa shape index (κ3) is 3.67. The molecule has 0 amide bonds. The maximum atomic E-state index is 5.83. The quantitative estimate of drug-likeness (QED) is 0.581. The van der Waals surface area contributed by atoms with Gasteiger partial charge in [-0.25, -0.2) is 0 Å². The summed E-state index contributed by atoms with van der Waals surface area (Å²) in [6, 6.07) is 1.01. The second-order valence-corrected chi connectivity index (χ2v) is 6.32. The van der Waals surface area contributed by atoms with Crippen LogP contribution in [0.5, 0.6) is 0 Å². The minimum Gasteiger partial charge on any atom is -0.303 e. The SMILES string of the molecule is CN1CCN(C)C(C(CC2CCCCC2)NN)C1. The highest BCUT2D eigenvalue weighted by Crippen LogP contribution is 2.28. The summed E-state index contributed by atoms with van der Waals surface area (Å²) in [6.45, 7) is 3.47. The smallest absolute Gasteiger partial charge is 0.0387 e. The van der Waals surface area contributed by atoms with Crippen LogP contribution in [0, 0.1) is 5.92 Å². The van der Waals surface area contributed by atoms with Crippen molar-refractivity contribution in [2.45, 2.75) is 50.6 Å². The van der Waals surface area contributed by atoms with Crippen LogP contribution < -0.4 is 11.3 Å². The van der Waals surface area contributed by atoms with Gasteiger partial charge in [-0.2, -0.15) is 0 Å². The zero-order valence-corrected chi connectivity index (χ0v) is 12.1. The molecule has 0 spiro atoms. The van der Waals surface area contributed by atoms with E-state index in [4.69, 9.17) is 5.84 Å². The fourth-order valence-electron chi connectivity index (χ4n) is 3.60. The molecule has 0 radical (unpaired) electrons. The van der Waals surface area contributed by atoms with Crippen molar-refractivity contribution in [1.82, 2.24) is 15.2 Å². The van der Waals surface area contributed by atoms with Crippen LogP contribution in [0.1, 0.15) is 38.5 Å². The van der Waals surface area contributed by atoms with E-state index < -0.39 is 0 Å². The van der Waals surface area contributed by atoms with Gasteiger partial charge in [0, 0.05) is 31.7 Å². The third-order valence-electron chi connectivity index (χ3n) is 4.89. The molecule has 1 saturated carbocycles. The van der Waals surface area contributed by atoms with Gasteiger partial charge in [0.1, 0.15) is 0 Å². The Morgan fingerprint density at radius 1 is 1.17 bits per heavy atom. The van der Waals surface area contributed by atoms with Crippen molar-refractivity contribution >= 4 is 0 Å². The first-order valence-corrected chi connectivity index (χ1v) is 7.55. The molecule has 1 heterocycles. The average molecular weight is 254 g/mol. The Balaban J connectivity index is 1.89. The Kier molecular flexibility index (Phi) is 5.42. The highest BCUT2D eigenvalue weighted by Gasteiger charge is 2.31. The van der Waals surface area contributed by atoms with E-state index in [1.165, 1.54) is 45.1 Å². The van der Waals surface area contributed by atoms with Gasteiger partial charge in [0.05, 0.1) is 0 Å². The average Bonchev–Trinajstić information content (AvgIpc) is 2.40. The molecule has 18 heavy (non-hydrogen) atoms. The summed E-state index contributed by atoms with van der Waals surface area (Å²) in [7, 11) is 4.46. The number of likely N-dealkylation sites (N-methyl/N-ethyl adjacent to an activating group) is 2. The lowest BCUT2D eigenvalue weighted by Gasteiger charge is -2.42. The largest absolute Gasteiger partial charge is 0.303 e. The highest BCUT2D eigenvalue weighted by molar-refractivity contribution is 4.89. The monoisotopic (exact) mass is 254 g/mol. The van der Waals surface area contributed by atoms with Crippen LogP contribution in [0.25, 0.3) is 0 Å². The van der Waals surface area contributed by atoms with E-state index in [0.29, 0.717) is 12.1 Å². The fraction of sp³-hybridized carbons (Fsp3) is 1.00. The second kappa shape index (κ2) is 6.85. The predicted octanol–water partition coefficient (Wildman–Crippen LogP) is 1.03. The molecule has 2 atom stereocenters. The first-order chi connectivity index (χ1) is 8.70. The lowest BCUT2D eigenvalue weighted by molar-refractivity contribution is 0.0777. The van der Waals surface area contributed by atoms with Gasteiger partial charge < -0.3 is 4.90 Å². The lowest BCUT2D eigenvalue weighted by atomic mass is 9.83. The summed E-state index contributed by atoms with van der Waals surface area (Å²) >= 11 is 0. The van der Waals surface area contributed by atoms with E-state index in [-0.39, 0.29) is 0 Å². The van der Waals surface area contributed by atoms with Crippen molar-refractivity contribution < 1.29 is 0 Å². The van der Waals surface area contributed by atoms with Gasteiger partial charge in [-0.3, -0.25) is 16.2 Å². The molecule has 2 rings (SSSR count). The number of hydrogen-bond acceptors (Lipinski definition) is 4. The van der Waals surface area contributed by atoms with E-state index in [9.17, 15) is 0 Å². The van der Waals surface area contributed by atoms with Gasteiger partial charge in [0.15, 0.2) is 0 Å². The molecule has 4 heteroatoms. The molecule has 3 N–H and O–H groups in total. The molecule has 0 aromatic heterocycles. The molecule has 1 saturated heterocycles. The van der Waals surface area contributed by atoms with Crippen LogP contribution >= 0.6 is 0 Å². The molecule has 106 valence electrons. The Bertz CT molecular complexity index is 240. The van der Waals surface area contributed by atoms with Gasteiger partial charge in [-0.1, -0.05) is 32.1 Å². The van der Waals surface area contributed by atoms with Crippen LogP contribution in [0.2, 0.25) is 0 Å². The van der Waals surface area contributed by atoms with Gasteiger partial charge in [-0.05, 0) is 26.4 Å². The van der Waals surface area contributed by atoms with Crippen LogP contribution in [0.15, 0.2) is 0 Å². The number of rotatable bonds is 4. The van der Waals surface area contributed by atoms with Crippen LogP contribution in [-0.2, 0) is 0 Å². The number of piperazine rings is 1. The first-order valence-electron chi connectivity index (χ1n) is 7.55. The van der Waals surface area contributed by atoms with Crippen molar-refractivity contribution in [3.05, 3.63) is 0 Å². The van der Waals surface area contributed by atoms with Crippen LogP contribution in [0.4, 0.5) is 0 Å². The van der Waals surface area contributed by atoms with Gasteiger partial charge in [0.25, 0.3) is 0 Å². The van der Waals surface area contributed by atoms with Gasteiger partial charge >= 0.3 is 0 Å². The zero-order chi connectivity index (χ0) is 13.0. The molecule has 1 aliphatic heterocycles. The molecule has 0 aromatic carbocycles. The van der Waals surface area contributed by atoms with Crippen LogP contribution in [0.3, 0.4) is 0 Å². The van der Waals surface area contributed by atoms with E-state index in [1.807, 2.05) is 0 Å². The third-order valence-corrected chi connectivity index (χ3v) is 4.89. The normalized spacial score (nSPS) is 30.5. The predicted molar refractivity (Wildman–Crippen MR) is 76.2 cm³/mol. The minimum absolute atomic E-state index is 0.445. The number of hydrazine groups is 1. The van der Waals surface area contributed by atoms with Crippen molar-refractivity contribution in [1.29, 1.82) is 0 Å². The van der Waals surface area contributed by atoms with E-state index >= 15 is 0 Å². The lowest BCUT2D eigenvalue weighted by Crippen LogP contribution is -2.60. The molecular formula is C14H30N4. The standard InChI is InChI=1S/C14H30N4/c1-17-8-9-18(2)14(11-17)13(16-15)10-12-6-4-3-5-7-12/h12-14,16H,3-11,15H2,1-2H3. The first kappa shape index (κ1) is 14.3. The number of nitrogens with zero attached hydrogens (tertiary/aromatic N) is 2. The Morgan fingerprint density at radius 2 is 1.89 bits per heavy atom. The summed E-state index contributed by atoms with van der Waals surface area (Å²) in [4.78, 5) is 4.91. The van der Waals surface area contributed by atoms with Crippen molar-refractivity contribution in [2.75, 3.05) is 33.7 Å². The number of nitrogens with one attached hydrogen (secondary N) is 1.